The fourth-order valence-electron chi connectivity index (χ4n) is 7.16. The second-order valence-electron chi connectivity index (χ2n) is 12.2. The van der Waals surface area contributed by atoms with Crippen LogP contribution in [0.2, 0.25) is 0 Å². The van der Waals surface area contributed by atoms with E-state index >= 15 is 0 Å². The summed E-state index contributed by atoms with van der Waals surface area (Å²) >= 11 is 0. The Balaban J connectivity index is 1.22. The summed E-state index contributed by atoms with van der Waals surface area (Å²) in [4.78, 5) is 0. The summed E-state index contributed by atoms with van der Waals surface area (Å²) in [7, 11) is 0. The van der Waals surface area contributed by atoms with Gasteiger partial charge in [-0.05, 0) is 69.8 Å². The van der Waals surface area contributed by atoms with Crippen LogP contribution in [0, 0.1) is 0 Å². The SMILES string of the molecule is CC1(C)c2ccccc2Oc2ccc(-c3ccc(-n4c5cc6ccccc6cc5c5ccc6ccccc6c54)cc3)cc21. The second-order valence-corrected chi connectivity index (χ2v) is 12.2. The molecule has 0 fully saturated rings. The summed E-state index contributed by atoms with van der Waals surface area (Å²) in [5.74, 6) is 1.89. The highest BCUT2D eigenvalue weighted by Crippen LogP contribution is 2.48. The minimum absolute atomic E-state index is 0.146. The first-order valence-electron chi connectivity index (χ1n) is 14.9. The molecule has 0 bridgehead atoms. The predicted molar refractivity (Wildman–Crippen MR) is 180 cm³/mol. The van der Waals surface area contributed by atoms with Crippen molar-refractivity contribution in [2.24, 2.45) is 0 Å². The van der Waals surface area contributed by atoms with Crippen LogP contribution < -0.4 is 4.74 Å². The van der Waals surface area contributed by atoms with Crippen LogP contribution in [0.25, 0.3) is 60.2 Å². The highest BCUT2D eigenvalue weighted by Gasteiger charge is 2.34. The van der Waals surface area contributed by atoms with E-state index in [0.717, 1.165) is 17.2 Å². The van der Waals surface area contributed by atoms with Crippen LogP contribution in [0.4, 0.5) is 0 Å². The molecule has 0 radical (unpaired) electrons. The van der Waals surface area contributed by atoms with E-state index in [1.807, 2.05) is 6.07 Å². The van der Waals surface area contributed by atoms with E-state index in [-0.39, 0.29) is 5.41 Å². The van der Waals surface area contributed by atoms with Crippen molar-refractivity contribution in [1.82, 2.24) is 4.57 Å². The summed E-state index contributed by atoms with van der Waals surface area (Å²) in [5, 5.41) is 7.59. The number of hydrogen-bond acceptors (Lipinski definition) is 1. The number of ether oxygens (including phenoxy) is 1. The lowest BCUT2D eigenvalue weighted by Crippen LogP contribution is -2.24. The molecule has 7 aromatic carbocycles. The minimum Gasteiger partial charge on any atom is -0.457 e. The lowest BCUT2D eigenvalue weighted by Gasteiger charge is -2.34. The average molecular weight is 552 g/mol. The van der Waals surface area contributed by atoms with Gasteiger partial charge in [0, 0.05) is 38.4 Å². The van der Waals surface area contributed by atoms with Crippen LogP contribution in [0.1, 0.15) is 25.0 Å². The molecule has 0 atom stereocenters. The number of aromatic nitrogens is 1. The highest BCUT2D eigenvalue weighted by atomic mass is 16.5. The predicted octanol–water partition coefficient (Wildman–Crippen LogP) is 11.2. The van der Waals surface area contributed by atoms with Crippen molar-refractivity contribution in [1.29, 1.82) is 0 Å². The fourth-order valence-corrected chi connectivity index (χ4v) is 7.16. The summed E-state index contributed by atoms with van der Waals surface area (Å²) < 4.78 is 8.76. The molecule has 0 aliphatic carbocycles. The third kappa shape index (κ3) is 3.53. The van der Waals surface area contributed by atoms with E-state index in [0.29, 0.717) is 0 Å². The Kier molecular flexibility index (Phi) is 4.99. The maximum atomic E-state index is 6.32. The standard InChI is InChI=1S/C41H29NO/c1-41(2)35-13-7-8-14-38(35)43-39-22-18-30(24-36(39)41)26-15-19-31(20-16-26)42-37-25-29-11-4-3-10-28(29)23-34(37)33-21-17-27-9-5-6-12-32(27)40(33)42/h3-25H,1-2H3. The summed E-state index contributed by atoms with van der Waals surface area (Å²) in [6.07, 6.45) is 0. The fraction of sp³-hybridized carbons (Fsp3) is 0.0732. The van der Waals surface area contributed by atoms with Gasteiger partial charge in [0.15, 0.2) is 0 Å². The van der Waals surface area contributed by atoms with Gasteiger partial charge in [-0.1, -0.05) is 111 Å². The zero-order valence-corrected chi connectivity index (χ0v) is 24.1. The lowest BCUT2D eigenvalue weighted by molar-refractivity contribution is 0.418. The largest absolute Gasteiger partial charge is 0.457 e. The molecular formula is C41H29NO. The number of nitrogens with zero attached hydrogens (tertiary/aromatic N) is 1. The van der Waals surface area contributed by atoms with Gasteiger partial charge in [-0.25, -0.2) is 0 Å². The lowest BCUT2D eigenvalue weighted by atomic mass is 9.75. The molecule has 0 spiro atoms. The zero-order valence-electron chi connectivity index (χ0n) is 24.1. The summed E-state index contributed by atoms with van der Waals surface area (Å²) in [5.41, 5.74) is 8.32. The molecule has 1 aromatic heterocycles. The molecule has 0 saturated carbocycles. The molecule has 0 unspecified atom stereocenters. The van der Waals surface area contributed by atoms with Crippen LogP contribution in [0.15, 0.2) is 140 Å². The van der Waals surface area contributed by atoms with Gasteiger partial charge in [0.1, 0.15) is 11.5 Å². The number of benzene rings is 7. The van der Waals surface area contributed by atoms with Gasteiger partial charge in [0.05, 0.1) is 11.0 Å². The van der Waals surface area contributed by atoms with Gasteiger partial charge in [-0.3, -0.25) is 0 Å². The van der Waals surface area contributed by atoms with Crippen molar-refractivity contribution < 1.29 is 4.74 Å². The van der Waals surface area contributed by atoms with Gasteiger partial charge in [0.25, 0.3) is 0 Å². The molecule has 1 aliphatic heterocycles. The molecule has 8 aromatic rings. The molecule has 0 saturated heterocycles. The molecule has 1 aliphatic rings. The molecule has 0 amide bonds. The highest BCUT2D eigenvalue weighted by molar-refractivity contribution is 6.20. The molecular weight excluding hydrogens is 522 g/mol. The van der Waals surface area contributed by atoms with Crippen LogP contribution in [-0.2, 0) is 5.41 Å². The van der Waals surface area contributed by atoms with Gasteiger partial charge < -0.3 is 9.30 Å². The van der Waals surface area contributed by atoms with Crippen LogP contribution >= 0.6 is 0 Å². The number of hydrogen-bond donors (Lipinski definition) is 0. The first-order chi connectivity index (χ1) is 21.1. The third-order valence-corrected chi connectivity index (χ3v) is 9.41. The second kappa shape index (κ2) is 8.83. The van der Waals surface area contributed by atoms with E-state index in [2.05, 4.69) is 152 Å². The molecule has 2 heterocycles. The molecule has 204 valence electrons. The molecule has 43 heavy (non-hydrogen) atoms. The van der Waals surface area contributed by atoms with Crippen molar-refractivity contribution >= 4 is 43.4 Å². The van der Waals surface area contributed by atoms with Crippen molar-refractivity contribution in [3.63, 3.8) is 0 Å². The Hall–Kier alpha value is -5.34. The first-order valence-corrected chi connectivity index (χ1v) is 14.9. The first kappa shape index (κ1) is 24.3. The Morgan fingerprint density at radius 1 is 0.488 bits per heavy atom. The zero-order chi connectivity index (χ0) is 28.7. The van der Waals surface area contributed by atoms with Gasteiger partial charge in [0.2, 0.25) is 0 Å². The maximum Gasteiger partial charge on any atom is 0.131 e. The quantitative estimate of drug-likeness (QED) is 0.208. The van der Waals surface area contributed by atoms with E-state index in [9.17, 15) is 0 Å². The van der Waals surface area contributed by atoms with Gasteiger partial charge >= 0.3 is 0 Å². The summed E-state index contributed by atoms with van der Waals surface area (Å²) in [6, 6.07) is 50.6. The van der Waals surface area contributed by atoms with Gasteiger partial charge in [-0.15, -0.1) is 0 Å². The molecule has 2 nitrogen and oxygen atoms in total. The molecule has 2 heteroatoms. The van der Waals surface area contributed by atoms with Crippen molar-refractivity contribution in [3.8, 4) is 28.3 Å². The smallest absolute Gasteiger partial charge is 0.131 e. The van der Waals surface area contributed by atoms with Crippen LogP contribution in [0.3, 0.4) is 0 Å². The normalized spacial score (nSPS) is 13.7. The number of rotatable bonds is 2. The van der Waals surface area contributed by atoms with Crippen LogP contribution in [-0.4, -0.2) is 4.57 Å². The van der Waals surface area contributed by atoms with E-state index in [4.69, 9.17) is 4.74 Å². The van der Waals surface area contributed by atoms with E-state index in [1.54, 1.807) is 0 Å². The molecule has 9 rings (SSSR count). The average Bonchev–Trinajstić information content (AvgIpc) is 3.37. The van der Waals surface area contributed by atoms with Crippen molar-refractivity contribution in [2.45, 2.75) is 19.3 Å². The maximum absolute atomic E-state index is 6.32. The van der Waals surface area contributed by atoms with E-state index in [1.165, 1.54) is 65.6 Å². The summed E-state index contributed by atoms with van der Waals surface area (Å²) in [6.45, 7) is 4.58. The topological polar surface area (TPSA) is 14.2 Å². The Labute approximate surface area is 250 Å². The Bertz CT molecular complexity index is 2390. The Morgan fingerprint density at radius 3 is 2.00 bits per heavy atom. The van der Waals surface area contributed by atoms with Crippen molar-refractivity contribution in [2.75, 3.05) is 0 Å². The molecule has 0 N–H and O–H groups in total. The van der Waals surface area contributed by atoms with Gasteiger partial charge in [-0.2, -0.15) is 0 Å². The number of para-hydroxylation sites is 1. The van der Waals surface area contributed by atoms with Crippen LogP contribution in [0.5, 0.6) is 11.5 Å². The third-order valence-electron chi connectivity index (χ3n) is 9.41. The minimum atomic E-state index is -0.146. The van der Waals surface area contributed by atoms with E-state index < -0.39 is 0 Å². The van der Waals surface area contributed by atoms with Crippen molar-refractivity contribution in [3.05, 3.63) is 151 Å². The number of fused-ring (bicyclic) bond motifs is 8. The monoisotopic (exact) mass is 551 g/mol. The Morgan fingerprint density at radius 2 is 1.16 bits per heavy atom.